The van der Waals surface area contributed by atoms with E-state index in [0.717, 1.165) is 29.8 Å². The number of amides is 1. The van der Waals surface area contributed by atoms with E-state index in [1.807, 2.05) is 36.4 Å². The van der Waals surface area contributed by atoms with Gasteiger partial charge in [-0.3, -0.25) is 4.79 Å². The molecular formula is C31H28I2N4O7S. The normalized spacial score (nSPS) is 15.4. The molecule has 0 aliphatic carbocycles. The molecule has 45 heavy (non-hydrogen) atoms. The number of carbonyl (C=O) groups excluding carboxylic acids is 2. The molecule has 0 aromatic heterocycles. The molecule has 0 saturated heterocycles. The third kappa shape index (κ3) is 8.15. The highest BCUT2D eigenvalue weighted by atomic mass is 127. The van der Waals surface area contributed by atoms with Gasteiger partial charge in [-0.15, -0.1) is 0 Å². The van der Waals surface area contributed by atoms with Crippen LogP contribution < -0.4 is 35.0 Å². The summed E-state index contributed by atoms with van der Waals surface area (Å²) in [5.41, 5.74) is 5.83. The number of nitrogens with zero attached hydrogens (tertiary/aromatic N) is 1. The largest absolute Gasteiger partial charge is 0.487 e. The maximum absolute atomic E-state index is 12.8. The topological polar surface area (TPSA) is 129 Å². The van der Waals surface area contributed by atoms with Gasteiger partial charge in [0.15, 0.2) is 23.2 Å². The van der Waals surface area contributed by atoms with Crippen molar-refractivity contribution in [3.05, 3.63) is 89.7 Å². The number of esters is 1. The number of fused-ring (bicyclic) bond motifs is 1. The van der Waals surface area contributed by atoms with E-state index in [-0.39, 0.29) is 20.0 Å². The molecule has 1 atom stereocenters. The van der Waals surface area contributed by atoms with Crippen molar-refractivity contribution in [3.8, 4) is 23.0 Å². The van der Waals surface area contributed by atoms with E-state index in [9.17, 15) is 9.59 Å². The fraction of sp³-hybridized carbons (Fsp3) is 0.226. The predicted octanol–water partition coefficient (Wildman–Crippen LogP) is 5.09. The van der Waals surface area contributed by atoms with Crippen molar-refractivity contribution < 1.29 is 33.3 Å². The lowest BCUT2D eigenvalue weighted by molar-refractivity contribution is -0.139. The van der Waals surface area contributed by atoms with Crippen molar-refractivity contribution in [3.63, 3.8) is 0 Å². The summed E-state index contributed by atoms with van der Waals surface area (Å²) >= 11 is 9.75. The van der Waals surface area contributed by atoms with Crippen molar-refractivity contribution in [2.75, 3.05) is 20.0 Å². The summed E-state index contributed by atoms with van der Waals surface area (Å²) in [5.74, 6) is 1.67. The van der Waals surface area contributed by atoms with Gasteiger partial charge < -0.3 is 34.3 Å². The van der Waals surface area contributed by atoms with Crippen molar-refractivity contribution in [1.29, 1.82) is 0 Å². The summed E-state index contributed by atoms with van der Waals surface area (Å²) in [7, 11) is 0. The highest BCUT2D eigenvalue weighted by Gasteiger charge is 2.32. The quantitative estimate of drug-likeness (QED) is 0.0790. The van der Waals surface area contributed by atoms with E-state index in [1.54, 1.807) is 38.3 Å². The molecule has 0 radical (unpaired) electrons. The molecule has 11 nitrogen and oxygen atoms in total. The molecule has 3 aromatic rings. The Kier molecular flexibility index (Phi) is 11.0. The second-order valence-electron chi connectivity index (χ2n) is 9.70. The molecule has 2 aliphatic rings. The van der Waals surface area contributed by atoms with E-state index in [2.05, 4.69) is 66.3 Å². The summed E-state index contributed by atoms with van der Waals surface area (Å²) in [6, 6.07) is 16.0. The zero-order valence-electron chi connectivity index (χ0n) is 24.1. The molecule has 5 rings (SSSR count). The third-order valence-corrected chi connectivity index (χ3v) is 8.42. The summed E-state index contributed by atoms with van der Waals surface area (Å²) in [6.45, 7) is 4.01. The first-order valence-corrected chi connectivity index (χ1v) is 16.3. The van der Waals surface area contributed by atoms with Crippen LogP contribution in [-0.2, 0) is 20.9 Å². The molecular weight excluding hydrogens is 826 g/mol. The van der Waals surface area contributed by atoms with Gasteiger partial charge in [-0.1, -0.05) is 24.3 Å². The lowest BCUT2D eigenvalue weighted by Crippen LogP contribution is -2.45. The minimum atomic E-state index is -0.621. The Balaban J connectivity index is 1.18. The Hall–Kier alpha value is -3.64. The number of para-hydroxylation sites is 1. The second-order valence-corrected chi connectivity index (χ2v) is 12.4. The summed E-state index contributed by atoms with van der Waals surface area (Å²) in [5, 5.41) is 10.5. The number of halogens is 2. The van der Waals surface area contributed by atoms with Crippen LogP contribution in [0.2, 0.25) is 0 Å². The van der Waals surface area contributed by atoms with Gasteiger partial charge >= 0.3 is 5.97 Å². The number of benzene rings is 3. The molecule has 3 aromatic carbocycles. The number of rotatable bonds is 11. The van der Waals surface area contributed by atoms with Crippen molar-refractivity contribution in [2.45, 2.75) is 26.5 Å². The highest BCUT2D eigenvalue weighted by Crippen LogP contribution is 2.35. The van der Waals surface area contributed by atoms with Crippen LogP contribution in [0, 0.1) is 7.14 Å². The van der Waals surface area contributed by atoms with E-state index < -0.39 is 17.9 Å². The molecule has 234 valence electrons. The van der Waals surface area contributed by atoms with Gasteiger partial charge in [-0.25, -0.2) is 10.2 Å². The van der Waals surface area contributed by atoms with Crippen LogP contribution in [0.25, 0.3) is 0 Å². The predicted molar refractivity (Wildman–Crippen MR) is 187 cm³/mol. The minimum Gasteiger partial charge on any atom is -0.487 e. The van der Waals surface area contributed by atoms with Gasteiger partial charge in [0, 0.05) is 11.3 Å². The van der Waals surface area contributed by atoms with Gasteiger partial charge in [0.1, 0.15) is 18.1 Å². The number of allylic oxidation sites excluding steroid dienone is 1. The average Bonchev–Trinajstić information content (AvgIpc) is 3.47. The molecule has 1 amide bonds. The Morgan fingerprint density at radius 3 is 2.62 bits per heavy atom. The minimum absolute atomic E-state index is 0.225. The van der Waals surface area contributed by atoms with Crippen molar-refractivity contribution >= 4 is 80.6 Å². The fourth-order valence-corrected chi connectivity index (χ4v) is 6.99. The molecule has 2 heterocycles. The first kappa shape index (κ1) is 32.7. The first-order valence-electron chi connectivity index (χ1n) is 13.7. The number of hydrogen-bond donors (Lipinski definition) is 3. The summed E-state index contributed by atoms with van der Waals surface area (Å²) in [6.07, 6.45) is 1.55. The molecule has 0 saturated carbocycles. The number of ether oxygens (including phenoxy) is 5. The SMILES string of the molecule is CCOC(=O)C1=C(C)NC(=S)N[C@@H]1c1ccccc1OCC(=O)NN=Cc1cc(I)c(OCc2ccc3c(c2)OCO3)c(I)c1. The molecule has 0 spiro atoms. The first-order chi connectivity index (χ1) is 21.7. The van der Waals surface area contributed by atoms with Gasteiger partial charge in [0.2, 0.25) is 6.79 Å². The Labute approximate surface area is 292 Å². The Morgan fingerprint density at radius 2 is 1.84 bits per heavy atom. The van der Waals surface area contributed by atoms with Gasteiger partial charge in [-0.05, 0) is 113 Å². The summed E-state index contributed by atoms with van der Waals surface area (Å²) < 4.78 is 29.8. The maximum Gasteiger partial charge on any atom is 0.338 e. The number of thiocarbonyl (C=S) groups is 1. The number of nitrogens with one attached hydrogen (secondary N) is 3. The summed E-state index contributed by atoms with van der Waals surface area (Å²) in [4.78, 5) is 25.4. The van der Waals surface area contributed by atoms with Crippen molar-refractivity contribution in [2.24, 2.45) is 5.10 Å². The smallest absolute Gasteiger partial charge is 0.338 e. The van der Waals surface area contributed by atoms with Gasteiger partial charge in [-0.2, -0.15) is 5.10 Å². The number of hydrazone groups is 1. The fourth-order valence-electron chi connectivity index (χ4n) is 4.59. The highest BCUT2D eigenvalue weighted by molar-refractivity contribution is 14.1. The van der Waals surface area contributed by atoms with Crippen LogP contribution in [0.1, 0.15) is 36.6 Å². The van der Waals surface area contributed by atoms with Gasteiger partial charge in [0.25, 0.3) is 5.91 Å². The zero-order chi connectivity index (χ0) is 31.9. The third-order valence-electron chi connectivity index (χ3n) is 6.60. The molecule has 0 bridgehead atoms. The lowest BCUT2D eigenvalue weighted by atomic mass is 9.95. The van der Waals surface area contributed by atoms with Crippen molar-refractivity contribution in [1.82, 2.24) is 16.1 Å². The molecule has 14 heteroatoms. The van der Waals surface area contributed by atoms with Crippen LogP contribution in [0.4, 0.5) is 0 Å². The molecule has 2 aliphatic heterocycles. The lowest BCUT2D eigenvalue weighted by Gasteiger charge is -2.30. The average molecular weight is 854 g/mol. The maximum atomic E-state index is 12.8. The molecule has 0 fully saturated rings. The standard InChI is InChI=1S/C31H28I2N4O7S/c1-3-40-30(39)27-17(2)35-31(45)36-28(27)20-6-4-5-7-23(20)41-15-26(38)37-34-13-19-10-21(32)29(22(33)11-19)42-14-18-8-9-24-25(12-18)44-16-43-24/h4-13,28H,3,14-16H2,1-2H3,(H,37,38)(H2,35,36,45)/t28-/m1/s1. The molecule has 0 unspecified atom stereocenters. The van der Waals surface area contributed by atoms with Crippen LogP contribution >= 0.6 is 57.4 Å². The van der Waals surface area contributed by atoms with Crippen LogP contribution in [0.5, 0.6) is 23.0 Å². The zero-order valence-corrected chi connectivity index (χ0v) is 29.3. The van der Waals surface area contributed by atoms with E-state index in [4.69, 9.17) is 35.9 Å². The van der Waals surface area contributed by atoms with Crippen LogP contribution in [-0.4, -0.2) is 43.2 Å². The Morgan fingerprint density at radius 1 is 1.09 bits per heavy atom. The monoisotopic (exact) mass is 854 g/mol. The van der Waals surface area contributed by atoms with E-state index >= 15 is 0 Å². The number of carbonyl (C=O) groups is 2. The van der Waals surface area contributed by atoms with E-state index in [1.165, 1.54) is 0 Å². The van der Waals surface area contributed by atoms with E-state index in [0.29, 0.717) is 40.1 Å². The van der Waals surface area contributed by atoms with Crippen LogP contribution in [0.15, 0.2) is 71.0 Å². The molecule has 3 N–H and O–H groups in total. The van der Waals surface area contributed by atoms with Gasteiger partial charge in [0.05, 0.1) is 31.6 Å². The Bertz CT molecular complexity index is 1680. The van der Waals surface area contributed by atoms with Crippen LogP contribution in [0.3, 0.4) is 0 Å². The number of hydrogen-bond acceptors (Lipinski definition) is 9. The second kappa shape index (κ2) is 15.1.